The summed E-state index contributed by atoms with van der Waals surface area (Å²) in [6, 6.07) is 2.72. The number of esters is 2. The number of hydrogen-bond acceptors (Lipinski definition) is 11. The maximum Gasteiger partial charge on any atom is 0.338 e. The summed E-state index contributed by atoms with van der Waals surface area (Å²) in [7, 11) is 1.60. The van der Waals surface area contributed by atoms with E-state index in [1.54, 1.807) is 13.2 Å². The second kappa shape index (κ2) is 9.79. The van der Waals surface area contributed by atoms with Gasteiger partial charge in [0.25, 0.3) is 11.4 Å². The third-order valence-electron chi connectivity index (χ3n) is 12.3. The van der Waals surface area contributed by atoms with Crippen LogP contribution in [0.25, 0.3) is 0 Å². The van der Waals surface area contributed by atoms with E-state index in [1.807, 2.05) is 0 Å². The van der Waals surface area contributed by atoms with E-state index in [4.69, 9.17) is 18.9 Å². The van der Waals surface area contributed by atoms with Gasteiger partial charge in [-0.05, 0) is 74.2 Å². The summed E-state index contributed by atoms with van der Waals surface area (Å²) in [5.74, 6) is -0.708. The average molecular weight is 613 g/mol. The van der Waals surface area contributed by atoms with Gasteiger partial charge in [-0.1, -0.05) is 6.92 Å². The molecular weight excluding hydrogens is 576 g/mol. The quantitative estimate of drug-likeness (QED) is 0.274. The van der Waals surface area contributed by atoms with Crippen molar-refractivity contribution in [2.24, 2.45) is 28.6 Å². The minimum atomic E-state index is -1.25. The van der Waals surface area contributed by atoms with Crippen LogP contribution in [-0.2, 0) is 23.7 Å². The number of methoxy groups -OCH3 is 1. The highest BCUT2D eigenvalue weighted by Gasteiger charge is 2.79. The Hall–Kier alpha value is -3.42. The fraction of sp³-hybridized carbons (Fsp3) is 0.677. The van der Waals surface area contributed by atoms with Crippen molar-refractivity contribution in [2.75, 3.05) is 13.7 Å². The first kappa shape index (κ1) is 29.3. The smallest absolute Gasteiger partial charge is 0.338 e. The summed E-state index contributed by atoms with van der Waals surface area (Å²) < 4.78 is 24.0. The Morgan fingerprint density at radius 2 is 1.73 bits per heavy atom. The number of fused-ring (bicyclic) bond motifs is 1. The molecule has 13 nitrogen and oxygen atoms in total. The van der Waals surface area contributed by atoms with Crippen LogP contribution in [0.1, 0.15) is 75.1 Å². The monoisotopic (exact) mass is 612 g/mol. The lowest BCUT2D eigenvalue weighted by molar-refractivity contribution is -0.394. The van der Waals surface area contributed by atoms with E-state index in [2.05, 4.69) is 6.92 Å². The van der Waals surface area contributed by atoms with Gasteiger partial charge in [-0.25, -0.2) is 9.59 Å². The van der Waals surface area contributed by atoms with Crippen LogP contribution >= 0.6 is 0 Å². The molecule has 4 aliphatic carbocycles. The van der Waals surface area contributed by atoms with Gasteiger partial charge in [-0.2, -0.15) is 0 Å². The fourth-order valence-corrected chi connectivity index (χ4v) is 10.6. The lowest BCUT2D eigenvalue weighted by Gasteiger charge is -2.63. The van der Waals surface area contributed by atoms with E-state index in [1.165, 1.54) is 0 Å². The van der Waals surface area contributed by atoms with Crippen molar-refractivity contribution in [1.82, 2.24) is 0 Å². The highest BCUT2D eigenvalue weighted by atomic mass is 16.7. The number of carbonyl (C=O) groups is 2. The molecule has 1 aromatic rings. The fourth-order valence-electron chi connectivity index (χ4n) is 10.6. The molecule has 0 aromatic heterocycles. The number of benzene rings is 1. The normalized spacial score (nSPS) is 42.0. The lowest BCUT2D eigenvalue weighted by Crippen LogP contribution is -2.67. The van der Waals surface area contributed by atoms with Gasteiger partial charge < -0.3 is 24.1 Å². The predicted octanol–water partition coefficient (Wildman–Crippen LogP) is 4.39. The molecule has 236 valence electrons. The minimum Gasteiger partial charge on any atom is -0.459 e. The van der Waals surface area contributed by atoms with Crippen LogP contribution in [0.2, 0.25) is 0 Å². The van der Waals surface area contributed by atoms with Gasteiger partial charge in [0.15, 0.2) is 6.29 Å². The highest BCUT2D eigenvalue weighted by Crippen LogP contribution is 2.76. The Morgan fingerprint density at radius 1 is 1.00 bits per heavy atom. The van der Waals surface area contributed by atoms with E-state index in [0.29, 0.717) is 32.3 Å². The molecule has 1 aromatic carbocycles. The number of cyclic esters (lactones) is 1. The summed E-state index contributed by atoms with van der Waals surface area (Å²) >= 11 is 0. The number of rotatable bonds is 6. The molecule has 1 spiro atoms. The van der Waals surface area contributed by atoms with Gasteiger partial charge in [0.2, 0.25) is 0 Å². The third-order valence-corrected chi connectivity index (χ3v) is 12.3. The van der Waals surface area contributed by atoms with E-state index in [-0.39, 0.29) is 41.1 Å². The molecule has 4 saturated carbocycles. The highest BCUT2D eigenvalue weighted by molar-refractivity contribution is 5.91. The zero-order valence-electron chi connectivity index (χ0n) is 24.7. The Morgan fingerprint density at radius 3 is 2.36 bits per heavy atom. The van der Waals surface area contributed by atoms with Crippen LogP contribution in [0, 0.1) is 48.8 Å². The molecule has 0 radical (unpaired) electrons. The van der Waals surface area contributed by atoms with E-state index >= 15 is 0 Å². The molecule has 5 fully saturated rings. The van der Waals surface area contributed by atoms with Gasteiger partial charge in [-0.15, -0.1) is 0 Å². The first-order valence-corrected chi connectivity index (χ1v) is 15.3. The number of aliphatic hydroxyl groups is 1. The van der Waals surface area contributed by atoms with Gasteiger partial charge in [0.1, 0.15) is 12.7 Å². The second-order valence-electron chi connectivity index (χ2n) is 13.8. The summed E-state index contributed by atoms with van der Waals surface area (Å²) in [6.07, 6.45) is 6.06. The minimum absolute atomic E-state index is 0.0297. The Labute approximate surface area is 253 Å². The molecule has 6 aliphatic rings. The van der Waals surface area contributed by atoms with Gasteiger partial charge in [-0.3, -0.25) is 20.2 Å². The van der Waals surface area contributed by atoms with Crippen LogP contribution in [-0.4, -0.2) is 64.2 Å². The summed E-state index contributed by atoms with van der Waals surface area (Å²) in [4.78, 5) is 46.1. The molecule has 9 atom stereocenters. The molecule has 0 amide bonds. The average Bonchev–Trinajstić information content (AvgIpc) is 3.63. The molecule has 2 heterocycles. The van der Waals surface area contributed by atoms with Gasteiger partial charge >= 0.3 is 11.9 Å². The van der Waals surface area contributed by atoms with Gasteiger partial charge in [0.05, 0.1) is 38.1 Å². The molecule has 1 saturated heterocycles. The first-order valence-electron chi connectivity index (χ1n) is 15.3. The Balaban J connectivity index is 1.15. The SMILES string of the molecule is CO[C@@H]1O[C@@]23CC[C@]4(O)C[C@H](OC(=O)c5cc([N+](=O)[O-])cc([N+](=O)[O-])c5)CC[C@@]14[C@H]2CC[C@]1(C)[C@@H](C2=CC(=O)OC2)CC[C@H]13. The van der Waals surface area contributed by atoms with Crippen LogP contribution in [0.3, 0.4) is 0 Å². The van der Waals surface area contributed by atoms with Crippen LogP contribution in [0.5, 0.6) is 0 Å². The van der Waals surface area contributed by atoms with Gasteiger partial charge in [0, 0.05) is 37.7 Å². The number of non-ortho nitro benzene ring substituents is 2. The first-order chi connectivity index (χ1) is 20.9. The van der Waals surface area contributed by atoms with Crippen molar-refractivity contribution < 1.29 is 43.5 Å². The number of hydrogen-bond donors (Lipinski definition) is 1. The third kappa shape index (κ3) is 3.87. The molecule has 13 heteroatoms. The van der Waals surface area contributed by atoms with Crippen LogP contribution < -0.4 is 0 Å². The van der Waals surface area contributed by atoms with Crippen molar-refractivity contribution in [3.8, 4) is 0 Å². The molecule has 0 unspecified atom stereocenters. The summed E-state index contributed by atoms with van der Waals surface area (Å²) in [5, 5.41) is 35.1. The van der Waals surface area contributed by atoms with Crippen molar-refractivity contribution in [3.05, 3.63) is 55.6 Å². The summed E-state index contributed by atoms with van der Waals surface area (Å²) in [5.41, 5.74) is -2.91. The lowest BCUT2D eigenvalue weighted by atomic mass is 9.42. The van der Waals surface area contributed by atoms with Crippen LogP contribution in [0.15, 0.2) is 29.8 Å². The molecule has 7 rings (SSSR count). The maximum absolute atomic E-state index is 13.1. The molecule has 2 bridgehead atoms. The van der Waals surface area contributed by atoms with Crippen LogP contribution in [0.4, 0.5) is 11.4 Å². The number of nitrogens with zero attached hydrogens (tertiary/aromatic N) is 2. The molecule has 2 aliphatic heterocycles. The van der Waals surface area contributed by atoms with E-state index in [0.717, 1.165) is 49.5 Å². The second-order valence-corrected chi connectivity index (χ2v) is 13.8. The number of ether oxygens (including phenoxy) is 4. The van der Waals surface area contributed by atoms with Crippen molar-refractivity contribution in [2.45, 2.75) is 88.3 Å². The van der Waals surface area contributed by atoms with E-state index in [9.17, 15) is 34.9 Å². The maximum atomic E-state index is 13.1. The van der Waals surface area contributed by atoms with Crippen molar-refractivity contribution in [3.63, 3.8) is 0 Å². The standard InChI is InChI=1S/C31H36N2O11/c1-28-7-6-24-30-8-5-21(43-26(35)17-11-19(32(37)38)14-20(12-17)33(39)40)15-29(30,36)9-10-31(24,44-27(30)41-2)23(28)4-3-22(28)18-13-25(34)42-16-18/h11-14,21-24,27,36H,3-10,15-16H2,1-2H3/t21-,22-,23-,24-,27-,28-,29+,30-,31-/m1/s1. The topological polar surface area (TPSA) is 178 Å². The molecular formula is C31H36N2O11. The van der Waals surface area contributed by atoms with E-state index < -0.39 is 56.2 Å². The Kier molecular flexibility index (Phi) is 6.52. The van der Waals surface area contributed by atoms with Crippen molar-refractivity contribution >= 4 is 23.3 Å². The Bertz CT molecular complexity index is 1460. The number of nitro benzene ring substituents is 2. The predicted molar refractivity (Wildman–Crippen MR) is 150 cm³/mol. The molecule has 1 N–H and O–H groups in total. The molecule has 44 heavy (non-hydrogen) atoms. The zero-order valence-corrected chi connectivity index (χ0v) is 24.7. The number of carbonyl (C=O) groups excluding carboxylic acids is 2. The summed E-state index contributed by atoms with van der Waals surface area (Å²) in [6.45, 7) is 2.66. The van der Waals surface area contributed by atoms with Crippen molar-refractivity contribution in [1.29, 1.82) is 0 Å². The number of nitro groups is 2. The zero-order chi connectivity index (χ0) is 31.2. The largest absolute Gasteiger partial charge is 0.459 e.